The molecule has 0 aliphatic carbocycles. The van der Waals surface area contributed by atoms with Gasteiger partial charge in [-0.15, -0.1) is 0 Å². The molecule has 1 atom stereocenters. The van der Waals surface area contributed by atoms with Gasteiger partial charge in [0.2, 0.25) is 11.8 Å². The standard InChI is InChI=1S/C35H39N3O4S/c1-3-4-24-36-35(40)33(25-29-17-8-5-9-18-29)37(26-30-19-15-14-16-28(30)2)34(39)27-38(31-20-10-6-11-21-31)43(41,42)32-22-12-7-13-23-32/h5-23,33H,3-4,24-27H2,1-2H3,(H,36,40). The fraction of sp³-hybridized carbons (Fsp3) is 0.257. The van der Waals surface area contributed by atoms with Gasteiger partial charge in [0.15, 0.2) is 0 Å². The number of amides is 2. The molecule has 0 radical (unpaired) electrons. The van der Waals surface area contributed by atoms with Crippen LogP contribution in [0.15, 0.2) is 120 Å². The maximum Gasteiger partial charge on any atom is 0.264 e. The first-order valence-corrected chi connectivity index (χ1v) is 16.0. The second kappa shape index (κ2) is 15.2. The number of hydrogen-bond donors (Lipinski definition) is 1. The maximum atomic E-state index is 14.4. The van der Waals surface area contributed by atoms with Crippen LogP contribution in [-0.4, -0.2) is 44.3 Å². The average Bonchev–Trinajstić information content (AvgIpc) is 3.03. The van der Waals surface area contributed by atoms with Crippen LogP contribution in [0.2, 0.25) is 0 Å². The summed E-state index contributed by atoms with van der Waals surface area (Å²) in [5, 5.41) is 3.02. The van der Waals surface area contributed by atoms with Crippen molar-refractivity contribution in [3.05, 3.63) is 132 Å². The summed E-state index contributed by atoms with van der Waals surface area (Å²) < 4.78 is 29.0. The van der Waals surface area contributed by atoms with E-state index in [1.54, 1.807) is 48.5 Å². The maximum absolute atomic E-state index is 14.4. The first kappa shape index (κ1) is 31.5. The van der Waals surface area contributed by atoms with Crippen molar-refractivity contribution in [1.82, 2.24) is 10.2 Å². The average molecular weight is 598 g/mol. The highest BCUT2D eigenvalue weighted by Crippen LogP contribution is 2.25. The third-order valence-electron chi connectivity index (χ3n) is 7.36. The minimum atomic E-state index is -4.10. The second-order valence-corrected chi connectivity index (χ2v) is 12.3. The van der Waals surface area contributed by atoms with Gasteiger partial charge in [-0.3, -0.25) is 13.9 Å². The Balaban J connectivity index is 1.77. The number of rotatable bonds is 14. The third-order valence-corrected chi connectivity index (χ3v) is 9.14. The zero-order valence-corrected chi connectivity index (χ0v) is 25.5. The summed E-state index contributed by atoms with van der Waals surface area (Å²) in [5.41, 5.74) is 3.12. The number of para-hydroxylation sites is 1. The fourth-order valence-electron chi connectivity index (χ4n) is 4.87. The number of aryl methyl sites for hydroxylation is 1. The Labute approximate surface area is 255 Å². The molecule has 0 fully saturated rings. The Kier molecular flexibility index (Phi) is 11.1. The van der Waals surface area contributed by atoms with E-state index in [-0.39, 0.29) is 23.8 Å². The molecule has 4 aromatic carbocycles. The summed E-state index contributed by atoms with van der Waals surface area (Å²) in [5.74, 6) is -0.741. The van der Waals surface area contributed by atoms with Gasteiger partial charge in [-0.05, 0) is 54.3 Å². The third kappa shape index (κ3) is 8.32. The summed E-state index contributed by atoms with van der Waals surface area (Å²) in [7, 11) is -4.10. The topological polar surface area (TPSA) is 86.8 Å². The van der Waals surface area contributed by atoms with Gasteiger partial charge in [0.25, 0.3) is 10.0 Å². The summed E-state index contributed by atoms with van der Waals surface area (Å²) >= 11 is 0. The number of sulfonamides is 1. The van der Waals surface area contributed by atoms with Crippen molar-refractivity contribution < 1.29 is 18.0 Å². The number of hydrogen-bond acceptors (Lipinski definition) is 4. The molecule has 0 aliphatic heterocycles. The van der Waals surface area contributed by atoms with Crippen LogP contribution in [0.5, 0.6) is 0 Å². The van der Waals surface area contributed by atoms with Crippen molar-refractivity contribution in [2.24, 2.45) is 0 Å². The number of carbonyl (C=O) groups is 2. The number of nitrogens with zero attached hydrogens (tertiary/aromatic N) is 2. The zero-order valence-electron chi connectivity index (χ0n) is 24.7. The number of benzene rings is 4. The lowest BCUT2D eigenvalue weighted by molar-refractivity contribution is -0.140. The van der Waals surface area contributed by atoms with Crippen LogP contribution >= 0.6 is 0 Å². The minimum Gasteiger partial charge on any atom is -0.354 e. The lowest BCUT2D eigenvalue weighted by atomic mass is 10.0. The van der Waals surface area contributed by atoms with Gasteiger partial charge in [0, 0.05) is 19.5 Å². The van der Waals surface area contributed by atoms with Crippen LogP contribution < -0.4 is 9.62 Å². The van der Waals surface area contributed by atoms with E-state index in [9.17, 15) is 18.0 Å². The van der Waals surface area contributed by atoms with E-state index in [4.69, 9.17) is 0 Å². The molecule has 2 amide bonds. The lowest BCUT2D eigenvalue weighted by Crippen LogP contribution is -2.53. The van der Waals surface area contributed by atoms with Crippen LogP contribution in [0, 0.1) is 6.92 Å². The molecule has 0 bridgehead atoms. The highest BCUT2D eigenvalue weighted by atomic mass is 32.2. The van der Waals surface area contributed by atoms with E-state index in [2.05, 4.69) is 5.32 Å². The predicted molar refractivity (Wildman–Crippen MR) is 171 cm³/mol. The van der Waals surface area contributed by atoms with Crippen molar-refractivity contribution in [3.8, 4) is 0 Å². The zero-order chi connectivity index (χ0) is 30.7. The van der Waals surface area contributed by atoms with E-state index in [0.717, 1.165) is 33.8 Å². The second-order valence-electron chi connectivity index (χ2n) is 10.5. The van der Waals surface area contributed by atoms with Crippen LogP contribution in [0.4, 0.5) is 5.69 Å². The monoisotopic (exact) mass is 597 g/mol. The van der Waals surface area contributed by atoms with E-state index in [1.807, 2.05) is 68.4 Å². The van der Waals surface area contributed by atoms with Gasteiger partial charge in [0.05, 0.1) is 10.6 Å². The molecular formula is C35H39N3O4S. The molecule has 7 nitrogen and oxygen atoms in total. The highest BCUT2D eigenvalue weighted by Gasteiger charge is 2.34. The Hall–Kier alpha value is -4.43. The van der Waals surface area contributed by atoms with Gasteiger partial charge in [-0.1, -0.05) is 104 Å². The van der Waals surface area contributed by atoms with Gasteiger partial charge in [-0.25, -0.2) is 8.42 Å². The lowest BCUT2D eigenvalue weighted by Gasteiger charge is -2.34. The van der Waals surface area contributed by atoms with Crippen molar-refractivity contribution in [3.63, 3.8) is 0 Å². The minimum absolute atomic E-state index is 0.0789. The Morgan fingerprint density at radius 1 is 0.791 bits per heavy atom. The quantitative estimate of drug-likeness (QED) is 0.188. The summed E-state index contributed by atoms with van der Waals surface area (Å²) in [6, 6.07) is 33.1. The van der Waals surface area contributed by atoms with E-state index in [0.29, 0.717) is 12.2 Å². The Morgan fingerprint density at radius 2 is 1.37 bits per heavy atom. The molecule has 224 valence electrons. The molecule has 8 heteroatoms. The molecule has 0 spiro atoms. The van der Waals surface area contributed by atoms with Gasteiger partial charge < -0.3 is 10.2 Å². The van der Waals surface area contributed by atoms with Crippen LogP contribution in [-0.2, 0) is 32.6 Å². The van der Waals surface area contributed by atoms with Gasteiger partial charge in [-0.2, -0.15) is 0 Å². The SMILES string of the molecule is CCCCNC(=O)C(Cc1ccccc1)N(Cc1ccccc1C)C(=O)CN(c1ccccc1)S(=O)(=O)c1ccccc1. The molecule has 4 rings (SSSR count). The molecule has 43 heavy (non-hydrogen) atoms. The highest BCUT2D eigenvalue weighted by molar-refractivity contribution is 7.92. The normalized spacial score (nSPS) is 11.9. The smallest absolute Gasteiger partial charge is 0.264 e. The van der Waals surface area contributed by atoms with Crippen LogP contribution in [0.3, 0.4) is 0 Å². The number of unbranched alkanes of at least 4 members (excludes halogenated alkanes) is 1. The first-order chi connectivity index (χ1) is 20.8. The van der Waals surface area contributed by atoms with Crippen molar-refractivity contribution in [2.75, 3.05) is 17.4 Å². The van der Waals surface area contributed by atoms with E-state index in [1.165, 1.54) is 17.0 Å². The van der Waals surface area contributed by atoms with Crippen LogP contribution in [0.25, 0.3) is 0 Å². The largest absolute Gasteiger partial charge is 0.354 e. The molecule has 1 unspecified atom stereocenters. The predicted octanol–water partition coefficient (Wildman–Crippen LogP) is 5.75. The molecule has 0 saturated heterocycles. The fourth-order valence-corrected chi connectivity index (χ4v) is 6.31. The summed E-state index contributed by atoms with van der Waals surface area (Å²) in [4.78, 5) is 29.8. The van der Waals surface area contributed by atoms with E-state index >= 15 is 0 Å². The molecular weight excluding hydrogens is 558 g/mol. The number of carbonyl (C=O) groups excluding carboxylic acids is 2. The molecule has 1 N–H and O–H groups in total. The molecule has 0 aliphatic rings. The summed E-state index contributed by atoms with van der Waals surface area (Å²) in [6.07, 6.45) is 2.01. The van der Waals surface area contributed by atoms with Crippen molar-refractivity contribution in [1.29, 1.82) is 0 Å². The molecule has 0 aromatic heterocycles. The molecule has 0 saturated carbocycles. The van der Waals surface area contributed by atoms with Crippen molar-refractivity contribution >= 4 is 27.5 Å². The van der Waals surface area contributed by atoms with Gasteiger partial charge >= 0.3 is 0 Å². The van der Waals surface area contributed by atoms with Crippen LogP contribution in [0.1, 0.15) is 36.5 Å². The number of anilines is 1. The first-order valence-electron chi connectivity index (χ1n) is 14.6. The summed E-state index contributed by atoms with van der Waals surface area (Å²) in [6.45, 7) is 4.18. The van der Waals surface area contributed by atoms with Crippen molar-refractivity contribution in [2.45, 2.75) is 50.6 Å². The molecule has 4 aromatic rings. The number of nitrogens with one attached hydrogen (secondary N) is 1. The Morgan fingerprint density at radius 3 is 2.00 bits per heavy atom. The Bertz CT molecular complexity index is 1580. The van der Waals surface area contributed by atoms with Gasteiger partial charge in [0.1, 0.15) is 12.6 Å². The molecule has 0 heterocycles. The van der Waals surface area contributed by atoms with E-state index < -0.39 is 28.5 Å².